The number of nitrogens with zero attached hydrogens (tertiary/aromatic N) is 1. The molecule has 5 nitrogen and oxygen atoms in total. The van der Waals surface area contributed by atoms with Crippen molar-refractivity contribution in [1.82, 2.24) is 4.57 Å². The maximum absolute atomic E-state index is 12.3. The Hall–Kier alpha value is -2.56. The molecule has 1 heterocycles. The van der Waals surface area contributed by atoms with E-state index in [2.05, 4.69) is 6.58 Å². The predicted octanol–water partition coefficient (Wildman–Crippen LogP) is 2.94. The smallest absolute Gasteiger partial charge is 0.355 e. The molecule has 0 saturated carbocycles. The van der Waals surface area contributed by atoms with Crippen LogP contribution in [0.1, 0.15) is 29.9 Å². The molecule has 0 atom stereocenters. The van der Waals surface area contributed by atoms with Gasteiger partial charge in [0.2, 0.25) is 0 Å². The summed E-state index contributed by atoms with van der Waals surface area (Å²) in [5.74, 6) is -1.69. The summed E-state index contributed by atoms with van der Waals surface area (Å²) in [4.78, 5) is 23.6. The molecule has 1 N–H and O–H groups in total. The second-order valence-electron chi connectivity index (χ2n) is 4.49. The first kappa shape index (κ1) is 14.8. The number of ether oxygens (including phenoxy) is 1. The number of carboxylic acid groups (broad SMARTS) is 1. The molecule has 0 aliphatic rings. The van der Waals surface area contributed by atoms with E-state index < -0.39 is 11.9 Å². The van der Waals surface area contributed by atoms with Crippen LogP contribution < -0.4 is 0 Å². The van der Waals surface area contributed by atoms with Crippen molar-refractivity contribution in [1.29, 1.82) is 0 Å². The largest absolute Gasteiger partial charge is 0.478 e. The third-order valence-corrected chi connectivity index (χ3v) is 3.32. The van der Waals surface area contributed by atoms with Crippen LogP contribution in [0.3, 0.4) is 0 Å². The monoisotopic (exact) mass is 287 g/mol. The molecular weight excluding hydrogens is 270 g/mol. The minimum Gasteiger partial charge on any atom is -0.478 e. The number of aliphatic carboxylic acids is 1. The summed E-state index contributed by atoms with van der Waals surface area (Å²) >= 11 is 0. The lowest BCUT2D eigenvalue weighted by molar-refractivity contribution is -0.130. The first-order valence-electron chi connectivity index (χ1n) is 6.73. The molecule has 2 rings (SSSR count). The minimum atomic E-state index is -1.15. The number of carbonyl (C=O) groups is 2. The van der Waals surface area contributed by atoms with Crippen molar-refractivity contribution in [3.8, 4) is 0 Å². The molecule has 1 aromatic heterocycles. The first-order valence-corrected chi connectivity index (χ1v) is 6.73. The van der Waals surface area contributed by atoms with E-state index >= 15 is 0 Å². The van der Waals surface area contributed by atoms with Gasteiger partial charge in [0.15, 0.2) is 0 Å². The molecule has 1 aromatic carbocycles. The van der Waals surface area contributed by atoms with Gasteiger partial charge in [-0.15, -0.1) is 0 Å². The normalized spacial score (nSPS) is 10.6. The Morgan fingerprint density at radius 2 is 1.95 bits per heavy atom. The molecule has 0 aliphatic carbocycles. The van der Waals surface area contributed by atoms with E-state index in [-0.39, 0.29) is 17.9 Å². The summed E-state index contributed by atoms with van der Waals surface area (Å²) < 4.78 is 6.84. The highest BCUT2D eigenvalue weighted by Gasteiger charge is 2.26. The Balaban J connectivity index is 2.84. The highest BCUT2D eigenvalue weighted by Crippen LogP contribution is 2.32. The fourth-order valence-corrected chi connectivity index (χ4v) is 2.46. The summed E-state index contributed by atoms with van der Waals surface area (Å²) in [7, 11) is 0. The summed E-state index contributed by atoms with van der Waals surface area (Å²) in [6.07, 6.45) is 0. The fraction of sp³-hybridized carbons (Fsp3) is 0.250. The number of aromatic nitrogens is 1. The van der Waals surface area contributed by atoms with Crippen LogP contribution in [-0.4, -0.2) is 28.2 Å². The topological polar surface area (TPSA) is 68.5 Å². The number of carbonyl (C=O) groups excluding carboxylic acids is 1. The average molecular weight is 287 g/mol. The van der Waals surface area contributed by atoms with Gasteiger partial charge >= 0.3 is 11.9 Å². The fourth-order valence-electron chi connectivity index (χ4n) is 2.46. The molecule has 0 radical (unpaired) electrons. The van der Waals surface area contributed by atoms with Crippen molar-refractivity contribution in [2.24, 2.45) is 0 Å². The van der Waals surface area contributed by atoms with Crippen LogP contribution >= 0.6 is 0 Å². The van der Waals surface area contributed by atoms with E-state index in [1.165, 1.54) is 0 Å². The molecule has 0 fully saturated rings. The van der Waals surface area contributed by atoms with Crippen LogP contribution in [0.2, 0.25) is 0 Å². The van der Waals surface area contributed by atoms with Gasteiger partial charge < -0.3 is 14.4 Å². The predicted molar refractivity (Wildman–Crippen MR) is 80.2 cm³/mol. The maximum Gasteiger partial charge on any atom is 0.355 e. The van der Waals surface area contributed by atoms with Gasteiger partial charge in [-0.25, -0.2) is 9.59 Å². The summed E-state index contributed by atoms with van der Waals surface area (Å²) in [5.41, 5.74) is 1.26. The van der Waals surface area contributed by atoms with Crippen LogP contribution in [0.5, 0.6) is 0 Å². The zero-order valence-corrected chi connectivity index (χ0v) is 12.0. The quantitative estimate of drug-likeness (QED) is 0.678. The van der Waals surface area contributed by atoms with E-state index in [0.29, 0.717) is 17.5 Å². The van der Waals surface area contributed by atoms with Gasteiger partial charge in [-0.3, -0.25) is 0 Å². The number of hydrogen-bond donors (Lipinski definition) is 1. The Bertz CT molecular complexity index is 727. The second kappa shape index (κ2) is 5.83. The van der Waals surface area contributed by atoms with Gasteiger partial charge in [0, 0.05) is 23.0 Å². The molecule has 110 valence electrons. The van der Waals surface area contributed by atoms with Crippen LogP contribution in [0, 0.1) is 0 Å². The zero-order valence-electron chi connectivity index (χ0n) is 12.0. The summed E-state index contributed by atoms with van der Waals surface area (Å²) in [5, 5.41) is 9.94. The summed E-state index contributed by atoms with van der Waals surface area (Å²) in [6.45, 7) is 7.96. The maximum atomic E-state index is 12.3. The SMILES string of the molecule is C=C(C(=O)O)c1c(C(=O)OCC)n(CC)c2ccccc12. The third kappa shape index (κ3) is 2.42. The van der Waals surface area contributed by atoms with E-state index in [0.717, 1.165) is 5.52 Å². The van der Waals surface area contributed by atoms with Crippen molar-refractivity contribution >= 4 is 28.4 Å². The Kier molecular flexibility index (Phi) is 4.12. The summed E-state index contributed by atoms with van der Waals surface area (Å²) in [6, 6.07) is 7.28. The van der Waals surface area contributed by atoms with Gasteiger partial charge in [-0.1, -0.05) is 24.8 Å². The van der Waals surface area contributed by atoms with Gasteiger partial charge in [0.05, 0.1) is 12.2 Å². The lowest BCUT2D eigenvalue weighted by Crippen LogP contribution is -2.14. The van der Waals surface area contributed by atoms with Crippen molar-refractivity contribution < 1.29 is 19.4 Å². The number of rotatable bonds is 5. The van der Waals surface area contributed by atoms with Gasteiger partial charge in [0.1, 0.15) is 5.69 Å². The molecule has 0 spiro atoms. The first-order chi connectivity index (χ1) is 10.0. The van der Waals surface area contributed by atoms with Crippen molar-refractivity contribution in [3.63, 3.8) is 0 Å². The molecule has 5 heteroatoms. The lowest BCUT2D eigenvalue weighted by atomic mass is 10.0. The molecule has 0 amide bonds. The number of esters is 1. The standard InChI is InChI=1S/C16H17NO4/c1-4-17-12-9-7-6-8-11(12)13(10(3)15(18)19)14(17)16(20)21-5-2/h6-9H,3-5H2,1-2H3,(H,18,19). The molecule has 0 bridgehead atoms. The van der Waals surface area contributed by atoms with Crippen LogP contribution in [0.25, 0.3) is 16.5 Å². The number of para-hydroxylation sites is 1. The van der Waals surface area contributed by atoms with Crippen molar-refractivity contribution in [2.45, 2.75) is 20.4 Å². The van der Waals surface area contributed by atoms with Crippen LogP contribution in [0.4, 0.5) is 0 Å². The van der Waals surface area contributed by atoms with Crippen molar-refractivity contribution in [3.05, 3.63) is 42.1 Å². The van der Waals surface area contributed by atoms with E-state index in [9.17, 15) is 14.7 Å². The number of hydrogen-bond acceptors (Lipinski definition) is 3. The van der Waals surface area contributed by atoms with E-state index in [1.54, 1.807) is 23.6 Å². The number of benzene rings is 1. The van der Waals surface area contributed by atoms with Crippen molar-refractivity contribution in [2.75, 3.05) is 6.61 Å². The van der Waals surface area contributed by atoms with Crippen LogP contribution in [-0.2, 0) is 16.1 Å². The molecule has 21 heavy (non-hydrogen) atoms. The zero-order chi connectivity index (χ0) is 15.6. The Morgan fingerprint density at radius 3 is 2.52 bits per heavy atom. The minimum absolute atomic E-state index is 0.110. The Morgan fingerprint density at radius 1 is 1.29 bits per heavy atom. The van der Waals surface area contributed by atoms with Gasteiger partial charge in [-0.05, 0) is 19.9 Å². The number of carboxylic acids is 1. The highest BCUT2D eigenvalue weighted by atomic mass is 16.5. The van der Waals surface area contributed by atoms with Gasteiger partial charge in [-0.2, -0.15) is 0 Å². The number of aryl methyl sites for hydroxylation is 1. The molecule has 0 aliphatic heterocycles. The molecule has 0 saturated heterocycles. The third-order valence-electron chi connectivity index (χ3n) is 3.32. The lowest BCUT2D eigenvalue weighted by Gasteiger charge is -2.09. The van der Waals surface area contributed by atoms with Crippen LogP contribution in [0.15, 0.2) is 30.8 Å². The van der Waals surface area contributed by atoms with E-state index in [1.807, 2.05) is 19.1 Å². The average Bonchev–Trinajstić information content (AvgIpc) is 2.80. The highest BCUT2D eigenvalue weighted by molar-refractivity contribution is 6.22. The van der Waals surface area contributed by atoms with Gasteiger partial charge in [0.25, 0.3) is 0 Å². The number of fused-ring (bicyclic) bond motifs is 1. The van der Waals surface area contributed by atoms with E-state index in [4.69, 9.17) is 4.74 Å². The molecular formula is C16H17NO4. The second-order valence-corrected chi connectivity index (χ2v) is 4.49. The molecule has 2 aromatic rings. The Labute approximate surface area is 122 Å². The molecule has 0 unspecified atom stereocenters.